The largest absolute Gasteiger partial charge is 1.00 e. The fourth-order valence-corrected chi connectivity index (χ4v) is 6.67. The van der Waals surface area contributed by atoms with Crippen LogP contribution in [0, 0.1) is 23.3 Å². The van der Waals surface area contributed by atoms with Crippen LogP contribution in [0.2, 0.25) is 0 Å². The van der Waals surface area contributed by atoms with Crippen molar-refractivity contribution in [1.82, 2.24) is 9.80 Å². The van der Waals surface area contributed by atoms with E-state index < -0.39 is 44.9 Å². The maximum atomic E-state index is 14.1. The summed E-state index contributed by atoms with van der Waals surface area (Å²) in [4.78, 5) is 3.61. The SMILES string of the molecule is CN(Cc1cc(F)cc(C(C)(C)C)c1O)Cc1cc(F)cc(C(C)(C)C)c1O.CN(Cc1cc(F)cc(C(C)(C)C)c1O)Cc1cc(F)cc(C(C)(C)C)c1O.[K+].[Y]. The maximum absolute atomic E-state index is 14.1. The standard InChI is InChI=1S/2C23H31F2NO2.K.Y/c2*1-22(2,3)18-10-16(24)8-14(20(18)27)12-26(7)13-15-9-17(25)11-19(21(15)28)23(4,5)6;;/h2*8-11,27-28H,12-13H2,1-7H3;;/q;;+1;. The van der Waals surface area contributed by atoms with Gasteiger partial charge in [0, 0.05) is 103 Å². The minimum Gasteiger partial charge on any atom is -0.507 e. The summed E-state index contributed by atoms with van der Waals surface area (Å²) >= 11 is 0. The van der Waals surface area contributed by atoms with Gasteiger partial charge >= 0.3 is 51.4 Å². The molecule has 4 aromatic carbocycles. The molecule has 0 amide bonds. The van der Waals surface area contributed by atoms with E-state index in [1.54, 1.807) is 14.1 Å². The molecule has 0 bridgehead atoms. The second-order valence-electron chi connectivity index (χ2n) is 19.2. The van der Waals surface area contributed by atoms with Crippen LogP contribution in [-0.4, -0.2) is 44.3 Å². The molecular weight excluding hydrogens is 849 g/mol. The minimum atomic E-state index is -0.408. The van der Waals surface area contributed by atoms with E-state index in [2.05, 4.69) is 0 Å². The molecule has 0 spiro atoms. The van der Waals surface area contributed by atoms with Crippen LogP contribution in [0.25, 0.3) is 0 Å². The van der Waals surface area contributed by atoms with Crippen molar-refractivity contribution in [2.75, 3.05) is 14.1 Å². The topological polar surface area (TPSA) is 87.4 Å². The van der Waals surface area contributed by atoms with Gasteiger partial charge in [-0.25, -0.2) is 17.6 Å². The second kappa shape index (κ2) is 21.0. The van der Waals surface area contributed by atoms with Gasteiger partial charge in [0.1, 0.15) is 46.3 Å². The quantitative estimate of drug-likeness (QED) is 0.105. The number of halogens is 4. The molecule has 0 aliphatic rings. The summed E-state index contributed by atoms with van der Waals surface area (Å²) < 4.78 is 56.4. The van der Waals surface area contributed by atoms with Gasteiger partial charge in [0.2, 0.25) is 0 Å². The van der Waals surface area contributed by atoms with Gasteiger partial charge in [0.25, 0.3) is 0 Å². The van der Waals surface area contributed by atoms with E-state index in [-0.39, 0.29) is 133 Å². The number of hydrogen-bond donors (Lipinski definition) is 4. The monoisotopic (exact) mass is 910 g/mol. The fourth-order valence-electron chi connectivity index (χ4n) is 6.67. The zero-order valence-corrected chi connectivity index (χ0v) is 43.2. The molecule has 0 fully saturated rings. The molecule has 0 saturated carbocycles. The van der Waals surface area contributed by atoms with Crippen LogP contribution in [-0.2, 0) is 80.5 Å². The van der Waals surface area contributed by atoms with Crippen molar-refractivity contribution in [2.24, 2.45) is 0 Å². The summed E-state index contributed by atoms with van der Waals surface area (Å²) in [5, 5.41) is 42.4. The van der Waals surface area contributed by atoms with Crippen molar-refractivity contribution in [1.29, 1.82) is 0 Å². The van der Waals surface area contributed by atoms with Crippen LogP contribution in [0.1, 0.15) is 128 Å². The molecule has 0 aliphatic carbocycles. The van der Waals surface area contributed by atoms with Crippen molar-refractivity contribution >= 4 is 0 Å². The predicted molar refractivity (Wildman–Crippen MR) is 217 cm³/mol. The van der Waals surface area contributed by atoms with Crippen molar-refractivity contribution in [3.8, 4) is 23.0 Å². The molecule has 0 aromatic heterocycles. The Morgan fingerprint density at radius 1 is 0.379 bits per heavy atom. The van der Waals surface area contributed by atoms with Crippen LogP contribution in [0.3, 0.4) is 0 Å². The van der Waals surface area contributed by atoms with E-state index >= 15 is 0 Å². The number of rotatable bonds is 8. The average molecular weight is 911 g/mol. The Bertz CT molecular complexity index is 1750. The van der Waals surface area contributed by atoms with E-state index in [9.17, 15) is 38.0 Å². The third kappa shape index (κ3) is 14.8. The molecule has 12 heteroatoms. The Labute approximate surface area is 411 Å². The molecule has 1 radical (unpaired) electrons. The van der Waals surface area contributed by atoms with Gasteiger partial charge in [-0.3, -0.25) is 9.80 Å². The first-order valence-electron chi connectivity index (χ1n) is 18.8. The zero-order valence-electron chi connectivity index (χ0n) is 37.2. The molecule has 6 nitrogen and oxygen atoms in total. The van der Waals surface area contributed by atoms with E-state index in [4.69, 9.17) is 0 Å². The molecule has 311 valence electrons. The molecule has 0 heterocycles. The van der Waals surface area contributed by atoms with E-state index in [1.165, 1.54) is 48.5 Å². The van der Waals surface area contributed by atoms with Gasteiger partial charge in [-0.15, -0.1) is 0 Å². The smallest absolute Gasteiger partial charge is 0.507 e. The van der Waals surface area contributed by atoms with Crippen molar-refractivity contribution in [3.63, 3.8) is 0 Å². The Balaban J connectivity index is 0.000000561. The third-order valence-corrected chi connectivity index (χ3v) is 9.61. The predicted octanol–water partition coefficient (Wildman–Crippen LogP) is 8.21. The van der Waals surface area contributed by atoms with Crippen molar-refractivity contribution in [2.45, 2.75) is 131 Å². The number of aromatic hydroxyl groups is 4. The zero-order chi connectivity index (χ0) is 42.9. The van der Waals surface area contributed by atoms with Gasteiger partial charge < -0.3 is 20.4 Å². The number of benzene rings is 4. The Kier molecular flexibility index (Phi) is 19.7. The van der Waals surface area contributed by atoms with Crippen LogP contribution in [0.5, 0.6) is 23.0 Å². The average Bonchev–Trinajstić information content (AvgIpc) is 3.01. The first-order valence-corrected chi connectivity index (χ1v) is 18.8. The fraction of sp³-hybridized carbons (Fsp3) is 0.478. The van der Waals surface area contributed by atoms with Crippen LogP contribution in [0.4, 0.5) is 17.6 Å². The normalized spacial score (nSPS) is 12.2. The molecule has 4 N–H and O–H groups in total. The van der Waals surface area contributed by atoms with Gasteiger partial charge in [0.05, 0.1) is 0 Å². The first-order chi connectivity index (χ1) is 25.4. The Morgan fingerprint density at radius 3 is 0.672 bits per heavy atom. The summed E-state index contributed by atoms with van der Waals surface area (Å²) in [5.41, 5.74) is 2.39. The molecule has 4 aromatic rings. The summed E-state index contributed by atoms with van der Waals surface area (Å²) in [6, 6.07) is 10.7. The number of hydrogen-bond acceptors (Lipinski definition) is 6. The van der Waals surface area contributed by atoms with Crippen LogP contribution in [0.15, 0.2) is 48.5 Å². The number of phenols is 4. The number of phenolic OH excluding ortho intramolecular Hbond substituents is 4. The Morgan fingerprint density at radius 2 is 0.534 bits per heavy atom. The molecule has 0 atom stereocenters. The van der Waals surface area contributed by atoms with Gasteiger partial charge in [-0.1, -0.05) is 83.1 Å². The van der Waals surface area contributed by atoms with Gasteiger partial charge in [0.15, 0.2) is 0 Å². The summed E-state index contributed by atoms with van der Waals surface area (Å²) in [6.45, 7) is 24.0. The molecule has 4 rings (SSSR count). The second-order valence-corrected chi connectivity index (χ2v) is 19.2. The maximum Gasteiger partial charge on any atom is 1.00 e. The Hall–Kier alpha value is -1.54. The van der Waals surface area contributed by atoms with Gasteiger partial charge in [-0.05, 0) is 84.3 Å². The van der Waals surface area contributed by atoms with Gasteiger partial charge in [-0.2, -0.15) is 0 Å². The summed E-state index contributed by atoms with van der Waals surface area (Å²) in [5.74, 6) is -1.35. The molecular formula is C46H62F4KN2O4Y+. The first kappa shape index (κ1) is 54.5. The van der Waals surface area contributed by atoms with Crippen LogP contribution >= 0.6 is 0 Å². The molecule has 0 saturated heterocycles. The minimum absolute atomic E-state index is 0. The van der Waals surface area contributed by atoms with Crippen molar-refractivity contribution < 1.29 is 122 Å². The number of nitrogens with zero attached hydrogens (tertiary/aromatic N) is 2. The molecule has 0 aliphatic heterocycles. The third-order valence-electron chi connectivity index (χ3n) is 9.61. The van der Waals surface area contributed by atoms with E-state index in [1.807, 2.05) is 92.9 Å². The molecule has 58 heavy (non-hydrogen) atoms. The summed E-state index contributed by atoms with van der Waals surface area (Å²) in [6.07, 6.45) is 0. The van der Waals surface area contributed by atoms with E-state index in [0.29, 0.717) is 44.5 Å². The molecule has 0 unspecified atom stereocenters. The van der Waals surface area contributed by atoms with E-state index in [0.717, 1.165) is 0 Å². The van der Waals surface area contributed by atoms with Crippen LogP contribution < -0.4 is 51.4 Å². The summed E-state index contributed by atoms with van der Waals surface area (Å²) in [7, 11) is 3.56. The van der Waals surface area contributed by atoms with Crippen molar-refractivity contribution in [3.05, 3.63) is 116 Å².